The van der Waals surface area contributed by atoms with E-state index in [4.69, 9.17) is 5.11 Å². The van der Waals surface area contributed by atoms with Crippen LogP contribution >= 0.6 is 0 Å². The van der Waals surface area contributed by atoms with Gasteiger partial charge in [-0.05, 0) is 49.9 Å². The van der Waals surface area contributed by atoms with Gasteiger partial charge in [0.2, 0.25) is 0 Å². The average molecular weight is 279 g/mol. The van der Waals surface area contributed by atoms with Gasteiger partial charge in [-0.2, -0.15) is 0 Å². The molecule has 1 rings (SSSR count). The van der Waals surface area contributed by atoms with Crippen LogP contribution in [0, 0.1) is 12.8 Å². The predicted molar refractivity (Wildman–Crippen MR) is 75.9 cm³/mol. The van der Waals surface area contributed by atoms with Gasteiger partial charge in [-0.3, -0.25) is 4.79 Å². The van der Waals surface area contributed by atoms with Crippen LogP contribution in [0.1, 0.15) is 46.5 Å². The van der Waals surface area contributed by atoms with Crippen molar-refractivity contribution in [3.63, 3.8) is 0 Å². The standard InChI is InChI=1S/C15H21NO4/c1-9-5-12(7-13(6-9)15(19)20)14(18)16-8-10(2)4-11(3)17/h5-7,10-11,17H,4,8H2,1-3H3,(H,16,18)(H,19,20). The van der Waals surface area contributed by atoms with Crippen molar-refractivity contribution in [2.45, 2.75) is 33.3 Å². The van der Waals surface area contributed by atoms with Crippen LogP contribution in [-0.2, 0) is 0 Å². The van der Waals surface area contributed by atoms with E-state index in [0.29, 0.717) is 18.5 Å². The maximum absolute atomic E-state index is 12.0. The van der Waals surface area contributed by atoms with Crippen LogP contribution in [0.15, 0.2) is 18.2 Å². The number of rotatable bonds is 6. The van der Waals surface area contributed by atoms with Gasteiger partial charge in [0.05, 0.1) is 11.7 Å². The molecule has 0 heterocycles. The van der Waals surface area contributed by atoms with Gasteiger partial charge < -0.3 is 15.5 Å². The molecule has 0 aliphatic heterocycles. The number of carbonyl (C=O) groups excluding carboxylic acids is 1. The van der Waals surface area contributed by atoms with Gasteiger partial charge >= 0.3 is 5.97 Å². The lowest BCUT2D eigenvalue weighted by atomic mass is 10.0. The van der Waals surface area contributed by atoms with E-state index in [1.807, 2.05) is 6.92 Å². The molecule has 0 bridgehead atoms. The zero-order chi connectivity index (χ0) is 15.3. The van der Waals surface area contributed by atoms with Gasteiger partial charge in [0, 0.05) is 12.1 Å². The largest absolute Gasteiger partial charge is 0.478 e. The molecule has 0 spiro atoms. The summed E-state index contributed by atoms with van der Waals surface area (Å²) in [5.74, 6) is -1.19. The lowest BCUT2D eigenvalue weighted by Gasteiger charge is -2.14. The lowest BCUT2D eigenvalue weighted by Crippen LogP contribution is -2.29. The Morgan fingerprint density at radius 1 is 1.20 bits per heavy atom. The molecular weight excluding hydrogens is 258 g/mol. The molecular formula is C15H21NO4. The molecule has 0 fully saturated rings. The van der Waals surface area contributed by atoms with Crippen LogP contribution in [0.3, 0.4) is 0 Å². The molecule has 0 saturated carbocycles. The summed E-state index contributed by atoms with van der Waals surface area (Å²) in [6, 6.07) is 4.54. The predicted octanol–water partition coefficient (Wildman–Crippen LogP) is 1.83. The highest BCUT2D eigenvalue weighted by atomic mass is 16.4. The van der Waals surface area contributed by atoms with E-state index in [1.54, 1.807) is 19.9 Å². The molecule has 5 nitrogen and oxygen atoms in total. The van der Waals surface area contributed by atoms with Gasteiger partial charge in [-0.1, -0.05) is 6.92 Å². The van der Waals surface area contributed by atoms with E-state index >= 15 is 0 Å². The maximum atomic E-state index is 12.0. The molecule has 2 unspecified atom stereocenters. The van der Waals surface area contributed by atoms with E-state index in [0.717, 1.165) is 5.56 Å². The molecule has 0 aliphatic rings. The highest BCUT2D eigenvalue weighted by Gasteiger charge is 2.12. The fourth-order valence-corrected chi connectivity index (χ4v) is 2.07. The number of hydrogen-bond donors (Lipinski definition) is 3. The molecule has 5 heteroatoms. The van der Waals surface area contributed by atoms with Gasteiger partial charge in [0.25, 0.3) is 5.91 Å². The van der Waals surface area contributed by atoms with Crippen LogP contribution in [0.2, 0.25) is 0 Å². The number of carboxylic acids is 1. The Morgan fingerprint density at radius 3 is 2.35 bits per heavy atom. The highest BCUT2D eigenvalue weighted by Crippen LogP contribution is 2.11. The van der Waals surface area contributed by atoms with Gasteiger partial charge in [0.1, 0.15) is 0 Å². The van der Waals surface area contributed by atoms with Crippen molar-refractivity contribution in [2.75, 3.05) is 6.54 Å². The minimum Gasteiger partial charge on any atom is -0.478 e. The molecule has 0 radical (unpaired) electrons. The molecule has 1 aromatic rings. The summed E-state index contributed by atoms with van der Waals surface area (Å²) in [6.45, 7) is 5.84. The first-order valence-electron chi connectivity index (χ1n) is 6.61. The Hall–Kier alpha value is -1.88. The van der Waals surface area contributed by atoms with Gasteiger partial charge in [-0.15, -0.1) is 0 Å². The Morgan fingerprint density at radius 2 is 1.80 bits per heavy atom. The van der Waals surface area contributed by atoms with Crippen molar-refractivity contribution in [3.8, 4) is 0 Å². The summed E-state index contributed by atoms with van der Waals surface area (Å²) in [6.07, 6.45) is 0.202. The van der Waals surface area contributed by atoms with E-state index < -0.39 is 12.1 Å². The number of aryl methyl sites for hydroxylation is 1. The van der Waals surface area contributed by atoms with Crippen molar-refractivity contribution in [2.24, 2.45) is 5.92 Å². The number of carboxylic acid groups (broad SMARTS) is 1. The molecule has 0 aromatic heterocycles. The second kappa shape index (κ2) is 7.05. The first-order chi connectivity index (χ1) is 9.29. The monoisotopic (exact) mass is 279 g/mol. The summed E-state index contributed by atoms with van der Waals surface area (Å²) in [4.78, 5) is 23.0. The molecule has 0 aliphatic carbocycles. The molecule has 0 saturated heterocycles. The third-order valence-corrected chi connectivity index (χ3v) is 2.94. The first kappa shape index (κ1) is 16.2. The number of aliphatic hydroxyl groups excluding tert-OH is 1. The SMILES string of the molecule is Cc1cc(C(=O)O)cc(C(=O)NCC(C)CC(C)O)c1. The van der Waals surface area contributed by atoms with Crippen molar-refractivity contribution in [1.82, 2.24) is 5.32 Å². The van der Waals surface area contributed by atoms with Crippen LogP contribution < -0.4 is 5.32 Å². The number of benzene rings is 1. The van der Waals surface area contributed by atoms with Crippen LogP contribution in [0.5, 0.6) is 0 Å². The normalized spacial score (nSPS) is 13.6. The van der Waals surface area contributed by atoms with Crippen molar-refractivity contribution in [1.29, 1.82) is 0 Å². The number of aromatic carboxylic acids is 1. The van der Waals surface area contributed by atoms with Gasteiger partial charge in [-0.25, -0.2) is 4.79 Å². The van der Waals surface area contributed by atoms with E-state index in [9.17, 15) is 14.7 Å². The van der Waals surface area contributed by atoms with E-state index in [-0.39, 0.29) is 17.4 Å². The summed E-state index contributed by atoms with van der Waals surface area (Å²) in [5, 5.41) is 21.0. The zero-order valence-electron chi connectivity index (χ0n) is 12.0. The summed E-state index contributed by atoms with van der Waals surface area (Å²) >= 11 is 0. The summed E-state index contributed by atoms with van der Waals surface area (Å²) in [7, 11) is 0. The van der Waals surface area contributed by atoms with Crippen molar-refractivity contribution < 1.29 is 19.8 Å². The fourth-order valence-electron chi connectivity index (χ4n) is 2.07. The molecule has 110 valence electrons. The topological polar surface area (TPSA) is 86.6 Å². The minimum absolute atomic E-state index is 0.104. The Bertz CT molecular complexity index is 497. The van der Waals surface area contributed by atoms with Gasteiger partial charge in [0.15, 0.2) is 0 Å². The second-order valence-corrected chi connectivity index (χ2v) is 5.29. The zero-order valence-corrected chi connectivity index (χ0v) is 12.0. The summed E-state index contributed by atoms with van der Waals surface area (Å²) < 4.78 is 0. The Labute approximate surface area is 118 Å². The van der Waals surface area contributed by atoms with Crippen molar-refractivity contribution >= 4 is 11.9 Å². The third kappa shape index (κ3) is 5.01. The lowest BCUT2D eigenvalue weighted by molar-refractivity contribution is 0.0696. The van der Waals surface area contributed by atoms with Crippen molar-refractivity contribution in [3.05, 3.63) is 34.9 Å². The number of aliphatic hydroxyl groups is 1. The Kier molecular flexibility index (Phi) is 5.70. The first-order valence-corrected chi connectivity index (χ1v) is 6.61. The van der Waals surface area contributed by atoms with E-state index in [2.05, 4.69) is 5.32 Å². The molecule has 2 atom stereocenters. The smallest absolute Gasteiger partial charge is 0.335 e. The number of amides is 1. The highest BCUT2D eigenvalue weighted by molar-refractivity contribution is 5.97. The molecule has 20 heavy (non-hydrogen) atoms. The second-order valence-electron chi connectivity index (χ2n) is 5.29. The quantitative estimate of drug-likeness (QED) is 0.741. The van der Waals surface area contributed by atoms with Crippen LogP contribution in [0.25, 0.3) is 0 Å². The molecule has 1 amide bonds. The number of nitrogens with one attached hydrogen (secondary N) is 1. The van der Waals surface area contributed by atoms with E-state index in [1.165, 1.54) is 12.1 Å². The average Bonchev–Trinajstić information content (AvgIpc) is 2.34. The van der Waals surface area contributed by atoms with Crippen LogP contribution in [-0.4, -0.2) is 34.7 Å². The minimum atomic E-state index is -1.05. The fraction of sp³-hybridized carbons (Fsp3) is 0.467. The summed E-state index contributed by atoms with van der Waals surface area (Å²) in [5.41, 5.74) is 1.17. The maximum Gasteiger partial charge on any atom is 0.335 e. The Balaban J connectivity index is 2.70. The third-order valence-electron chi connectivity index (χ3n) is 2.94. The molecule has 3 N–H and O–H groups in total. The number of hydrogen-bond acceptors (Lipinski definition) is 3. The number of carbonyl (C=O) groups is 2. The van der Waals surface area contributed by atoms with Crippen LogP contribution in [0.4, 0.5) is 0 Å². The molecule has 1 aromatic carbocycles.